The van der Waals surface area contributed by atoms with Gasteiger partial charge in [0, 0.05) is 25.1 Å². The van der Waals surface area contributed by atoms with E-state index in [0.717, 1.165) is 17.8 Å². The number of carbonyl (C=O) groups is 1. The summed E-state index contributed by atoms with van der Waals surface area (Å²) in [6.45, 7) is 3.27. The van der Waals surface area contributed by atoms with Gasteiger partial charge in [0.05, 0.1) is 5.69 Å². The number of carbonyl (C=O) groups excluding carboxylic acids is 1. The number of aryl methyl sites for hydroxylation is 1. The number of hydrogen-bond donors (Lipinski definition) is 2. The molecule has 0 aliphatic carbocycles. The van der Waals surface area contributed by atoms with Crippen molar-refractivity contribution < 1.29 is 4.79 Å². The van der Waals surface area contributed by atoms with Crippen molar-refractivity contribution in [3.8, 4) is 11.3 Å². The molecule has 1 amide bonds. The average molecular weight is 268 g/mol. The molecule has 5 heteroatoms. The third-order valence-electron chi connectivity index (χ3n) is 3.25. The van der Waals surface area contributed by atoms with Crippen molar-refractivity contribution >= 4 is 11.7 Å². The SMILES string of the molecule is CCc1nc2c(c(-c3ccccc3)n1)C(=O)NCCN2. The Morgan fingerprint density at radius 2 is 1.85 bits per heavy atom. The normalized spacial score (nSPS) is 13.9. The molecule has 0 saturated carbocycles. The van der Waals surface area contributed by atoms with E-state index < -0.39 is 0 Å². The van der Waals surface area contributed by atoms with Gasteiger partial charge in [-0.05, 0) is 0 Å². The first-order valence-electron chi connectivity index (χ1n) is 6.78. The van der Waals surface area contributed by atoms with Crippen molar-refractivity contribution in [3.63, 3.8) is 0 Å². The molecule has 0 fully saturated rings. The molecule has 2 aromatic rings. The van der Waals surface area contributed by atoms with Crippen molar-refractivity contribution in [1.82, 2.24) is 15.3 Å². The van der Waals surface area contributed by atoms with E-state index in [2.05, 4.69) is 20.6 Å². The van der Waals surface area contributed by atoms with Gasteiger partial charge >= 0.3 is 0 Å². The molecule has 102 valence electrons. The third kappa shape index (κ3) is 2.22. The predicted octanol–water partition coefficient (Wildman–Crippen LogP) is 1.86. The molecule has 0 spiro atoms. The molecule has 5 nitrogen and oxygen atoms in total. The Morgan fingerprint density at radius 3 is 2.60 bits per heavy atom. The van der Waals surface area contributed by atoms with Crippen LogP contribution in [0.5, 0.6) is 0 Å². The Bertz CT molecular complexity index is 640. The second kappa shape index (κ2) is 5.28. The summed E-state index contributed by atoms with van der Waals surface area (Å²) in [5.74, 6) is 1.25. The maximum absolute atomic E-state index is 12.3. The van der Waals surface area contributed by atoms with Crippen LogP contribution in [0.1, 0.15) is 23.1 Å². The van der Waals surface area contributed by atoms with Gasteiger partial charge in [-0.1, -0.05) is 37.3 Å². The summed E-state index contributed by atoms with van der Waals surface area (Å²) in [6, 6.07) is 9.75. The minimum atomic E-state index is -0.119. The third-order valence-corrected chi connectivity index (χ3v) is 3.25. The van der Waals surface area contributed by atoms with Crippen LogP contribution >= 0.6 is 0 Å². The molecule has 3 rings (SSSR count). The number of amides is 1. The zero-order valence-corrected chi connectivity index (χ0v) is 11.3. The lowest BCUT2D eigenvalue weighted by Gasteiger charge is -2.12. The molecule has 1 aliphatic rings. The van der Waals surface area contributed by atoms with E-state index in [-0.39, 0.29) is 5.91 Å². The van der Waals surface area contributed by atoms with E-state index in [9.17, 15) is 4.79 Å². The van der Waals surface area contributed by atoms with E-state index in [1.54, 1.807) is 0 Å². The minimum absolute atomic E-state index is 0.119. The fraction of sp³-hybridized carbons (Fsp3) is 0.267. The molecular formula is C15H16N4O. The van der Waals surface area contributed by atoms with Gasteiger partial charge in [-0.25, -0.2) is 9.97 Å². The highest BCUT2D eigenvalue weighted by Gasteiger charge is 2.23. The molecule has 0 unspecified atom stereocenters. The van der Waals surface area contributed by atoms with Crippen LogP contribution in [-0.2, 0) is 6.42 Å². The molecule has 1 aromatic carbocycles. The van der Waals surface area contributed by atoms with Gasteiger partial charge in [0.15, 0.2) is 0 Å². The van der Waals surface area contributed by atoms with Gasteiger partial charge in [0.1, 0.15) is 17.2 Å². The Balaban J connectivity index is 2.24. The first kappa shape index (κ1) is 12.6. The first-order chi connectivity index (χ1) is 9.79. The molecule has 2 N–H and O–H groups in total. The predicted molar refractivity (Wildman–Crippen MR) is 77.7 cm³/mol. The van der Waals surface area contributed by atoms with Gasteiger partial charge in [0.25, 0.3) is 5.91 Å². The zero-order chi connectivity index (χ0) is 13.9. The van der Waals surface area contributed by atoms with Gasteiger partial charge in [-0.2, -0.15) is 0 Å². The second-order valence-electron chi connectivity index (χ2n) is 4.61. The Hall–Kier alpha value is -2.43. The van der Waals surface area contributed by atoms with E-state index in [4.69, 9.17) is 0 Å². The summed E-state index contributed by atoms with van der Waals surface area (Å²) in [7, 11) is 0. The topological polar surface area (TPSA) is 66.9 Å². The van der Waals surface area contributed by atoms with Crippen LogP contribution in [0, 0.1) is 0 Å². The fourth-order valence-electron chi connectivity index (χ4n) is 2.26. The highest BCUT2D eigenvalue weighted by Crippen LogP contribution is 2.27. The Labute approximate surface area is 117 Å². The van der Waals surface area contributed by atoms with E-state index >= 15 is 0 Å². The summed E-state index contributed by atoms with van der Waals surface area (Å²) in [4.78, 5) is 21.3. The first-order valence-corrected chi connectivity index (χ1v) is 6.78. The highest BCUT2D eigenvalue weighted by molar-refractivity contribution is 6.04. The quantitative estimate of drug-likeness (QED) is 0.872. The van der Waals surface area contributed by atoms with E-state index in [1.807, 2.05) is 37.3 Å². The zero-order valence-electron chi connectivity index (χ0n) is 11.3. The van der Waals surface area contributed by atoms with Crippen LogP contribution < -0.4 is 10.6 Å². The van der Waals surface area contributed by atoms with E-state index in [0.29, 0.717) is 30.2 Å². The second-order valence-corrected chi connectivity index (χ2v) is 4.61. The van der Waals surface area contributed by atoms with Gasteiger partial charge in [-0.3, -0.25) is 4.79 Å². The Kier molecular flexibility index (Phi) is 3.33. The van der Waals surface area contributed by atoms with Gasteiger partial charge < -0.3 is 10.6 Å². The van der Waals surface area contributed by atoms with Crippen molar-refractivity contribution in [2.24, 2.45) is 0 Å². The summed E-state index contributed by atoms with van der Waals surface area (Å²) in [5.41, 5.74) is 2.16. The number of nitrogens with one attached hydrogen (secondary N) is 2. The summed E-state index contributed by atoms with van der Waals surface area (Å²) in [5, 5.41) is 6.07. The number of hydrogen-bond acceptors (Lipinski definition) is 4. The fourth-order valence-corrected chi connectivity index (χ4v) is 2.26. The molecule has 0 bridgehead atoms. The number of rotatable bonds is 2. The molecule has 1 aromatic heterocycles. The van der Waals surface area contributed by atoms with Crippen molar-refractivity contribution in [1.29, 1.82) is 0 Å². The van der Waals surface area contributed by atoms with Crippen molar-refractivity contribution in [2.75, 3.05) is 18.4 Å². The maximum atomic E-state index is 12.3. The molecular weight excluding hydrogens is 252 g/mol. The number of benzene rings is 1. The van der Waals surface area contributed by atoms with Crippen molar-refractivity contribution in [2.45, 2.75) is 13.3 Å². The Morgan fingerprint density at radius 1 is 1.10 bits per heavy atom. The number of nitrogens with zero attached hydrogens (tertiary/aromatic N) is 2. The molecule has 0 saturated heterocycles. The van der Waals surface area contributed by atoms with Gasteiger partial charge in [0.2, 0.25) is 0 Å². The van der Waals surface area contributed by atoms with Gasteiger partial charge in [-0.15, -0.1) is 0 Å². The molecule has 1 aliphatic heterocycles. The number of anilines is 1. The summed E-state index contributed by atoms with van der Waals surface area (Å²) < 4.78 is 0. The number of aromatic nitrogens is 2. The highest BCUT2D eigenvalue weighted by atomic mass is 16.1. The van der Waals surface area contributed by atoms with Crippen molar-refractivity contribution in [3.05, 3.63) is 41.7 Å². The molecule has 20 heavy (non-hydrogen) atoms. The smallest absolute Gasteiger partial charge is 0.257 e. The lowest BCUT2D eigenvalue weighted by Crippen LogP contribution is -2.25. The minimum Gasteiger partial charge on any atom is -0.368 e. The van der Waals surface area contributed by atoms with E-state index in [1.165, 1.54) is 0 Å². The summed E-state index contributed by atoms with van der Waals surface area (Å²) >= 11 is 0. The molecule has 0 radical (unpaired) electrons. The largest absolute Gasteiger partial charge is 0.368 e. The van der Waals surface area contributed by atoms with Crippen LogP contribution in [0.15, 0.2) is 30.3 Å². The lowest BCUT2D eigenvalue weighted by atomic mass is 10.1. The maximum Gasteiger partial charge on any atom is 0.257 e. The monoisotopic (exact) mass is 268 g/mol. The lowest BCUT2D eigenvalue weighted by molar-refractivity contribution is 0.0958. The molecule has 2 heterocycles. The average Bonchev–Trinajstić information content (AvgIpc) is 2.69. The standard InChI is InChI=1S/C15H16N4O/c1-2-11-18-13(10-6-4-3-5-7-10)12-14(19-11)16-8-9-17-15(12)20/h3-7H,2,8-9H2,1H3,(H,17,20)(H,16,18,19). The van der Waals surface area contributed by atoms with Crippen LogP contribution in [0.4, 0.5) is 5.82 Å². The van der Waals surface area contributed by atoms with Crippen LogP contribution in [0.25, 0.3) is 11.3 Å². The van der Waals surface area contributed by atoms with Crippen LogP contribution in [-0.4, -0.2) is 29.0 Å². The molecule has 0 atom stereocenters. The van der Waals surface area contributed by atoms with Crippen LogP contribution in [0.2, 0.25) is 0 Å². The summed E-state index contributed by atoms with van der Waals surface area (Å²) in [6.07, 6.45) is 0.733. The number of fused-ring (bicyclic) bond motifs is 1. The van der Waals surface area contributed by atoms with Crippen LogP contribution in [0.3, 0.4) is 0 Å².